The Morgan fingerprint density at radius 3 is 2.14 bits per heavy atom. The van der Waals surface area contributed by atoms with Crippen molar-refractivity contribution < 1.29 is 13.2 Å². The van der Waals surface area contributed by atoms with E-state index in [2.05, 4.69) is 0 Å². The summed E-state index contributed by atoms with van der Waals surface area (Å²) in [7, 11) is -3.60. The predicted molar refractivity (Wildman–Crippen MR) is 54.5 cm³/mol. The van der Waals surface area contributed by atoms with Crippen LogP contribution >= 0.6 is 0 Å². The molecule has 1 aromatic rings. The zero-order valence-corrected chi connectivity index (χ0v) is 8.97. The van der Waals surface area contributed by atoms with Gasteiger partial charge in [0.2, 0.25) is 15.0 Å². The third-order valence-corrected chi connectivity index (χ3v) is 3.50. The maximum absolute atomic E-state index is 11.2. The molecule has 0 saturated heterocycles. The molecule has 76 valence electrons. The summed E-state index contributed by atoms with van der Waals surface area (Å²) < 4.78 is 22.5. The molecule has 0 aliphatic carbocycles. The molecule has 0 atom stereocenters. The number of sulfone groups is 1. The van der Waals surface area contributed by atoms with Crippen LogP contribution in [0, 0.1) is 6.92 Å². The lowest BCUT2D eigenvalue weighted by Gasteiger charge is -2.00. The van der Waals surface area contributed by atoms with Crippen LogP contribution in [0.5, 0.6) is 0 Å². The molecule has 0 aliphatic heterocycles. The molecule has 1 rings (SSSR count). The minimum Gasteiger partial charge on any atom is -0.282 e. The Morgan fingerprint density at radius 2 is 1.71 bits per heavy atom. The van der Waals surface area contributed by atoms with Gasteiger partial charge in [-0.25, -0.2) is 8.42 Å². The summed E-state index contributed by atoms with van der Waals surface area (Å²) in [6.45, 7) is 2.99. The van der Waals surface area contributed by atoms with Gasteiger partial charge in [-0.3, -0.25) is 4.79 Å². The maximum Gasteiger partial charge on any atom is 0.243 e. The van der Waals surface area contributed by atoms with Crippen LogP contribution in [0.15, 0.2) is 24.3 Å². The van der Waals surface area contributed by atoms with Crippen molar-refractivity contribution in [2.24, 2.45) is 0 Å². The molecule has 0 saturated carbocycles. The number of rotatable bonds is 2. The first-order valence-corrected chi connectivity index (χ1v) is 5.86. The van der Waals surface area contributed by atoms with Gasteiger partial charge in [0, 0.05) is 6.92 Å². The predicted octanol–water partition coefficient (Wildman–Crippen LogP) is 1.46. The summed E-state index contributed by atoms with van der Waals surface area (Å²) in [5.41, 5.74) is 1.71. The van der Waals surface area contributed by atoms with Gasteiger partial charge in [-0.15, -0.1) is 0 Å². The lowest BCUT2D eigenvalue weighted by Crippen LogP contribution is -2.13. The molecule has 14 heavy (non-hydrogen) atoms. The van der Waals surface area contributed by atoms with Gasteiger partial charge in [0.25, 0.3) is 0 Å². The van der Waals surface area contributed by atoms with Crippen molar-refractivity contribution in [3.63, 3.8) is 0 Å². The van der Waals surface area contributed by atoms with Crippen LogP contribution < -0.4 is 0 Å². The van der Waals surface area contributed by atoms with Crippen molar-refractivity contribution in [2.75, 3.05) is 0 Å². The highest BCUT2D eigenvalue weighted by Crippen LogP contribution is 2.08. The van der Waals surface area contributed by atoms with E-state index in [-0.39, 0.29) is 5.75 Å². The fourth-order valence-electron chi connectivity index (χ4n) is 1.01. The summed E-state index contributed by atoms with van der Waals surface area (Å²) in [6.07, 6.45) is 0. The second kappa shape index (κ2) is 3.92. The topological polar surface area (TPSA) is 51.2 Å². The Hall–Kier alpha value is -1.16. The third kappa shape index (κ3) is 2.67. The largest absolute Gasteiger partial charge is 0.282 e. The molecule has 0 fully saturated rings. The van der Waals surface area contributed by atoms with Crippen LogP contribution in [-0.2, 0) is 20.4 Å². The quantitative estimate of drug-likeness (QED) is 0.745. The normalized spacial score (nSPS) is 11.3. The van der Waals surface area contributed by atoms with Crippen molar-refractivity contribution in [2.45, 2.75) is 19.6 Å². The fourth-order valence-corrected chi connectivity index (χ4v) is 1.84. The van der Waals surface area contributed by atoms with Gasteiger partial charge < -0.3 is 0 Å². The van der Waals surface area contributed by atoms with E-state index in [4.69, 9.17) is 0 Å². The van der Waals surface area contributed by atoms with Gasteiger partial charge in [0.15, 0.2) is 0 Å². The highest BCUT2D eigenvalue weighted by atomic mass is 32.2. The van der Waals surface area contributed by atoms with Gasteiger partial charge in [-0.1, -0.05) is 29.8 Å². The van der Waals surface area contributed by atoms with Gasteiger partial charge in [0.1, 0.15) is 0 Å². The highest BCUT2D eigenvalue weighted by molar-refractivity contribution is 8.05. The molecular weight excluding hydrogens is 200 g/mol. The Balaban J connectivity index is 2.90. The molecule has 0 N–H and O–H groups in total. The number of aryl methyl sites for hydroxylation is 1. The first-order valence-electron chi connectivity index (χ1n) is 4.21. The number of carbonyl (C=O) groups excluding carboxylic acids is 1. The van der Waals surface area contributed by atoms with Crippen LogP contribution in [0.2, 0.25) is 0 Å². The van der Waals surface area contributed by atoms with Crippen molar-refractivity contribution in [3.8, 4) is 0 Å². The second-order valence-corrected chi connectivity index (χ2v) is 5.33. The minimum absolute atomic E-state index is 0.206. The Labute approximate surface area is 83.7 Å². The second-order valence-electron chi connectivity index (χ2n) is 3.24. The van der Waals surface area contributed by atoms with E-state index < -0.39 is 15.0 Å². The Kier molecular flexibility index (Phi) is 3.06. The molecule has 0 aliphatic rings. The maximum atomic E-state index is 11.2. The number of hydrogen-bond acceptors (Lipinski definition) is 3. The van der Waals surface area contributed by atoms with E-state index >= 15 is 0 Å². The molecule has 0 aromatic heterocycles. The smallest absolute Gasteiger partial charge is 0.243 e. The molecule has 4 heteroatoms. The van der Waals surface area contributed by atoms with Gasteiger partial charge in [0.05, 0.1) is 5.75 Å². The minimum atomic E-state index is -3.60. The summed E-state index contributed by atoms with van der Waals surface area (Å²) >= 11 is 0. The van der Waals surface area contributed by atoms with E-state index in [1.54, 1.807) is 12.1 Å². The van der Waals surface area contributed by atoms with Gasteiger partial charge in [-0.2, -0.15) is 0 Å². The van der Waals surface area contributed by atoms with Crippen LogP contribution in [0.4, 0.5) is 0 Å². The molecule has 0 unspecified atom stereocenters. The molecular formula is C10H12O3S. The average molecular weight is 212 g/mol. The lowest BCUT2D eigenvalue weighted by atomic mass is 10.2. The van der Waals surface area contributed by atoms with E-state index in [0.717, 1.165) is 12.5 Å². The monoisotopic (exact) mass is 212 g/mol. The molecule has 1 aromatic carbocycles. The van der Waals surface area contributed by atoms with Crippen LogP contribution in [0.25, 0.3) is 0 Å². The first kappa shape index (κ1) is 10.9. The van der Waals surface area contributed by atoms with E-state index in [9.17, 15) is 13.2 Å². The van der Waals surface area contributed by atoms with Crippen molar-refractivity contribution in [1.82, 2.24) is 0 Å². The third-order valence-electron chi connectivity index (χ3n) is 1.92. The zero-order chi connectivity index (χ0) is 10.8. The first-order chi connectivity index (χ1) is 6.42. The van der Waals surface area contributed by atoms with Gasteiger partial charge >= 0.3 is 0 Å². The molecule has 0 amide bonds. The van der Waals surface area contributed by atoms with E-state index in [1.165, 1.54) is 0 Å². The summed E-state index contributed by atoms with van der Waals surface area (Å²) in [5.74, 6) is -0.206. The van der Waals surface area contributed by atoms with Crippen molar-refractivity contribution in [1.29, 1.82) is 0 Å². The van der Waals surface area contributed by atoms with Crippen molar-refractivity contribution >= 4 is 15.0 Å². The van der Waals surface area contributed by atoms with Crippen LogP contribution in [0.3, 0.4) is 0 Å². The number of hydrogen-bond donors (Lipinski definition) is 0. The standard InChI is InChI=1S/C10H12O3S/c1-8-3-5-10(6-4-8)7-14(12,13)9(2)11/h3-6H,7H2,1-2H3. The number of benzene rings is 1. The Morgan fingerprint density at radius 1 is 1.21 bits per heavy atom. The lowest BCUT2D eigenvalue weighted by molar-refractivity contribution is -0.109. The van der Waals surface area contributed by atoms with E-state index in [1.807, 2.05) is 19.1 Å². The van der Waals surface area contributed by atoms with Crippen molar-refractivity contribution in [3.05, 3.63) is 35.4 Å². The SMILES string of the molecule is CC(=O)S(=O)(=O)Cc1ccc(C)cc1. The van der Waals surface area contributed by atoms with Gasteiger partial charge in [-0.05, 0) is 12.5 Å². The van der Waals surface area contributed by atoms with Crippen LogP contribution in [-0.4, -0.2) is 13.5 Å². The van der Waals surface area contributed by atoms with E-state index in [0.29, 0.717) is 5.56 Å². The highest BCUT2D eigenvalue weighted by Gasteiger charge is 2.17. The Bertz CT molecular complexity index is 429. The molecule has 0 spiro atoms. The summed E-state index contributed by atoms with van der Waals surface area (Å²) in [4.78, 5) is 10.7. The summed E-state index contributed by atoms with van der Waals surface area (Å²) in [5, 5.41) is -0.780. The molecule has 0 heterocycles. The number of carbonyl (C=O) groups is 1. The molecule has 3 nitrogen and oxygen atoms in total. The van der Waals surface area contributed by atoms with Crippen LogP contribution in [0.1, 0.15) is 18.1 Å². The summed E-state index contributed by atoms with van der Waals surface area (Å²) in [6, 6.07) is 7.08. The zero-order valence-electron chi connectivity index (χ0n) is 8.15. The molecule has 0 bridgehead atoms. The fraction of sp³-hybridized carbons (Fsp3) is 0.300. The molecule has 0 radical (unpaired) electrons. The average Bonchev–Trinajstić information content (AvgIpc) is 2.08.